The zero-order valence-electron chi connectivity index (χ0n) is 15.7. The number of carbonyl (C=O) groups is 1. The molecule has 6 nitrogen and oxygen atoms in total. The fraction of sp³-hybridized carbons (Fsp3) is 0.143. The Kier molecular flexibility index (Phi) is 5.87. The molecule has 2 aromatic carbocycles. The molecule has 3 aromatic rings. The molecule has 3 rings (SSSR count). The summed E-state index contributed by atoms with van der Waals surface area (Å²) in [5.74, 6) is -0.292. The predicted octanol–water partition coefficient (Wildman–Crippen LogP) is 2.59. The minimum atomic E-state index is -3.51. The van der Waals surface area contributed by atoms with Crippen LogP contribution in [0, 0.1) is 0 Å². The Morgan fingerprint density at radius 3 is 2.04 bits per heavy atom. The van der Waals surface area contributed by atoms with Crippen LogP contribution in [-0.4, -0.2) is 32.7 Å². The lowest BCUT2D eigenvalue weighted by Crippen LogP contribution is -2.22. The molecular formula is C21H22N3O3S+. The smallest absolute Gasteiger partial charge is 0.255 e. The first kappa shape index (κ1) is 19.7. The standard InChI is InChI=1S/C21H21N3O3S/c1-24(2)28(26,27)20-9-5-18(6-10-20)21(25)23-19-7-3-16(4-8-19)15-17-11-13-22-14-12-17/h3-14H,15H2,1-2H3,(H,23,25)/p+1. The van der Waals surface area contributed by atoms with Gasteiger partial charge in [0, 0.05) is 37.5 Å². The normalized spacial score (nSPS) is 11.4. The number of amides is 1. The van der Waals surface area contributed by atoms with E-state index in [4.69, 9.17) is 0 Å². The van der Waals surface area contributed by atoms with E-state index in [1.165, 1.54) is 43.9 Å². The van der Waals surface area contributed by atoms with Gasteiger partial charge in [0.2, 0.25) is 10.0 Å². The molecule has 7 heteroatoms. The molecule has 0 radical (unpaired) electrons. The van der Waals surface area contributed by atoms with Crippen molar-refractivity contribution in [2.75, 3.05) is 19.4 Å². The number of hydrogen-bond acceptors (Lipinski definition) is 3. The van der Waals surface area contributed by atoms with Crippen LogP contribution in [0.5, 0.6) is 0 Å². The molecule has 0 unspecified atom stereocenters. The monoisotopic (exact) mass is 396 g/mol. The van der Waals surface area contributed by atoms with Crippen molar-refractivity contribution >= 4 is 21.6 Å². The second-order valence-corrected chi connectivity index (χ2v) is 8.70. The second-order valence-electron chi connectivity index (χ2n) is 6.55. The van der Waals surface area contributed by atoms with Crippen molar-refractivity contribution < 1.29 is 18.2 Å². The molecule has 0 atom stereocenters. The summed E-state index contributed by atoms with van der Waals surface area (Å²) in [6, 6.07) is 17.6. The number of pyridine rings is 1. The summed E-state index contributed by atoms with van der Waals surface area (Å²) in [6.07, 6.45) is 4.59. The van der Waals surface area contributed by atoms with Gasteiger partial charge in [-0.2, -0.15) is 0 Å². The molecule has 1 amide bonds. The lowest BCUT2D eigenvalue weighted by Gasteiger charge is -2.12. The third-order valence-corrected chi connectivity index (χ3v) is 6.13. The summed E-state index contributed by atoms with van der Waals surface area (Å²) >= 11 is 0. The highest BCUT2D eigenvalue weighted by molar-refractivity contribution is 7.89. The molecule has 0 fully saturated rings. The minimum absolute atomic E-state index is 0.150. The average Bonchev–Trinajstić information content (AvgIpc) is 2.70. The first-order chi connectivity index (χ1) is 13.4. The van der Waals surface area contributed by atoms with Gasteiger partial charge in [-0.1, -0.05) is 12.1 Å². The Labute approximate surface area is 164 Å². The minimum Gasteiger partial charge on any atom is -0.322 e. The molecule has 1 heterocycles. The molecule has 144 valence electrons. The van der Waals surface area contributed by atoms with Crippen molar-refractivity contribution in [3.63, 3.8) is 0 Å². The van der Waals surface area contributed by atoms with Crippen LogP contribution in [-0.2, 0) is 16.4 Å². The van der Waals surface area contributed by atoms with Gasteiger partial charge in [0.05, 0.1) is 4.90 Å². The number of rotatable bonds is 6. The summed E-state index contributed by atoms with van der Waals surface area (Å²) < 4.78 is 25.3. The number of aromatic nitrogens is 1. The predicted molar refractivity (Wildman–Crippen MR) is 108 cm³/mol. The maximum absolute atomic E-state index is 12.4. The molecule has 0 aliphatic heterocycles. The Bertz CT molecular complexity index is 1050. The van der Waals surface area contributed by atoms with E-state index in [0.29, 0.717) is 11.3 Å². The van der Waals surface area contributed by atoms with Crippen molar-refractivity contribution in [3.8, 4) is 0 Å². The Morgan fingerprint density at radius 1 is 0.893 bits per heavy atom. The highest BCUT2D eigenvalue weighted by Crippen LogP contribution is 2.17. The molecule has 0 aliphatic carbocycles. The van der Waals surface area contributed by atoms with E-state index in [9.17, 15) is 13.2 Å². The number of carbonyl (C=O) groups excluding carboxylic acids is 1. The zero-order valence-corrected chi connectivity index (χ0v) is 16.5. The van der Waals surface area contributed by atoms with Gasteiger partial charge >= 0.3 is 0 Å². The van der Waals surface area contributed by atoms with E-state index in [1.54, 1.807) is 0 Å². The Hall–Kier alpha value is -3.03. The molecule has 0 spiro atoms. The van der Waals surface area contributed by atoms with E-state index in [-0.39, 0.29) is 10.8 Å². The van der Waals surface area contributed by atoms with Crippen LogP contribution in [0.2, 0.25) is 0 Å². The number of aromatic amines is 1. The highest BCUT2D eigenvalue weighted by atomic mass is 32.2. The molecule has 0 aliphatic rings. The van der Waals surface area contributed by atoms with Crippen molar-refractivity contribution in [2.24, 2.45) is 0 Å². The van der Waals surface area contributed by atoms with Crippen LogP contribution in [0.1, 0.15) is 21.5 Å². The van der Waals surface area contributed by atoms with Crippen molar-refractivity contribution in [1.29, 1.82) is 0 Å². The Balaban J connectivity index is 1.66. The summed E-state index contributed by atoms with van der Waals surface area (Å²) in [4.78, 5) is 15.6. The maximum atomic E-state index is 12.4. The third-order valence-electron chi connectivity index (χ3n) is 4.30. The number of benzene rings is 2. The number of sulfonamides is 1. The van der Waals surface area contributed by atoms with Crippen LogP contribution < -0.4 is 10.3 Å². The number of nitrogens with one attached hydrogen (secondary N) is 2. The Morgan fingerprint density at radius 2 is 1.46 bits per heavy atom. The molecule has 0 saturated carbocycles. The van der Waals surface area contributed by atoms with Gasteiger partial charge in [-0.15, -0.1) is 0 Å². The number of anilines is 1. The average molecular weight is 396 g/mol. The lowest BCUT2D eigenvalue weighted by atomic mass is 10.1. The largest absolute Gasteiger partial charge is 0.322 e. The van der Waals surface area contributed by atoms with Crippen LogP contribution >= 0.6 is 0 Å². The topological polar surface area (TPSA) is 80.6 Å². The quantitative estimate of drug-likeness (QED) is 0.695. The number of nitrogens with zero attached hydrogens (tertiary/aromatic N) is 1. The van der Waals surface area contributed by atoms with Gasteiger partial charge < -0.3 is 5.32 Å². The SMILES string of the molecule is CN(C)S(=O)(=O)c1ccc(C(=O)Nc2ccc(Cc3cc[nH+]cc3)cc2)cc1. The molecule has 1 aromatic heterocycles. The van der Waals surface area contributed by atoms with Crippen molar-refractivity contribution in [3.05, 3.63) is 89.7 Å². The molecular weight excluding hydrogens is 374 g/mol. The first-order valence-corrected chi connectivity index (χ1v) is 10.2. The third kappa shape index (κ3) is 4.62. The molecule has 28 heavy (non-hydrogen) atoms. The van der Waals surface area contributed by atoms with E-state index < -0.39 is 10.0 Å². The van der Waals surface area contributed by atoms with Crippen molar-refractivity contribution in [1.82, 2.24) is 4.31 Å². The summed E-state index contributed by atoms with van der Waals surface area (Å²) in [7, 11) is -0.573. The lowest BCUT2D eigenvalue weighted by molar-refractivity contribution is -0.378. The van der Waals surface area contributed by atoms with Crippen molar-refractivity contribution in [2.45, 2.75) is 11.3 Å². The van der Waals surface area contributed by atoms with Crippen LogP contribution in [0.4, 0.5) is 5.69 Å². The first-order valence-electron chi connectivity index (χ1n) is 8.74. The van der Waals surface area contributed by atoms with Crippen LogP contribution in [0.3, 0.4) is 0 Å². The summed E-state index contributed by atoms with van der Waals surface area (Å²) in [5.41, 5.74) is 3.41. The zero-order chi connectivity index (χ0) is 20.1. The maximum Gasteiger partial charge on any atom is 0.255 e. The van der Waals surface area contributed by atoms with Gasteiger partial charge in [0.1, 0.15) is 0 Å². The fourth-order valence-electron chi connectivity index (χ4n) is 2.67. The molecule has 0 bridgehead atoms. The van der Waals surface area contributed by atoms with Gasteiger partial charge in [-0.25, -0.2) is 17.7 Å². The molecule has 0 saturated heterocycles. The number of hydrogen-bond donors (Lipinski definition) is 1. The second kappa shape index (κ2) is 8.33. The van der Waals surface area contributed by atoms with Gasteiger partial charge in [-0.3, -0.25) is 4.79 Å². The number of H-pyrrole nitrogens is 1. The van der Waals surface area contributed by atoms with E-state index in [1.807, 2.05) is 48.8 Å². The van der Waals surface area contributed by atoms with Gasteiger partial charge in [0.15, 0.2) is 12.4 Å². The fourth-order valence-corrected chi connectivity index (χ4v) is 3.57. The van der Waals surface area contributed by atoms with Gasteiger partial charge in [-0.05, 0) is 53.9 Å². The highest BCUT2D eigenvalue weighted by Gasteiger charge is 2.17. The van der Waals surface area contributed by atoms with Gasteiger partial charge in [0.25, 0.3) is 5.91 Å². The van der Waals surface area contributed by atoms with E-state index in [2.05, 4.69) is 10.3 Å². The summed E-state index contributed by atoms with van der Waals surface area (Å²) in [5, 5.41) is 2.83. The van der Waals surface area contributed by atoms with Crippen LogP contribution in [0.25, 0.3) is 0 Å². The van der Waals surface area contributed by atoms with E-state index >= 15 is 0 Å². The summed E-state index contributed by atoms with van der Waals surface area (Å²) in [6.45, 7) is 0. The molecule has 2 N–H and O–H groups in total. The van der Waals surface area contributed by atoms with Crippen LogP contribution in [0.15, 0.2) is 78.0 Å². The van der Waals surface area contributed by atoms with E-state index in [0.717, 1.165) is 16.3 Å².